The SMILES string of the molecule is N[C@H]1CC[C@@H](Oc2ccn3ncnc(Nc4ccc5c(cnn5Cc5cccc(F)c5)c4)c23)CC1O. The van der Waals surface area contributed by atoms with Gasteiger partial charge in [-0.05, 0) is 48.7 Å². The maximum atomic E-state index is 13.6. The van der Waals surface area contributed by atoms with Crippen molar-refractivity contribution in [2.45, 2.75) is 44.1 Å². The van der Waals surface area contributed by atoms with E-state index in [2.05, 4.69) is 20.5 Å². The Kier molecular flexibility index (Phi) is 5.74. The zero-order valence-corrected chi connectivity index (χ0v) is 19.5. The predicted octanol–water partition coefficient (Wildman–Crippen LogP) is 3.63. The first kappa shape index (κ1) is 22.4. The van der Waals surface area contributed by atoms with Crippen LogP contribution in [-0.4, -0.2) is 47.7 Å². The number of anilines is 2. The van der Waals surface area contributed by atoms with Gasteiger partial charge in [-0.25, -0.2) is 13.9 Å². The van der Waals surface area contributed by atoms with Crippen LogP contribution in [0.1, 0.15) is 24.8 Å². The van der Waals surface area contributed by atoms with Crippen LogP contribution >= 0.6 is 0 Å². The molecule has 3 atom stereocenters. The van der Waals surface area contributed by atoms with Crippen molar-refractivity contribution in [3.63, 3.8) is 0 Å². The molecule has 1 saturated carbocycles. The van der Waals surface area contributed by atoms with E-state index in [1.54, 1.807) is 16.8 Å². The van der Waals surface area contributed by atoms with Crippen molar-refractivity contribution >= 4 is 27.9 Å². The van der Waals surface area contributed by atoms with Crippen LogP contribution in [0.3, 0.4) is 0 Å². The van der Waals surface area contributed by atoms with E-state index in [9.17, 15) is 9.50 Å². The summed E-state index contributed by atoms with van der Waals surface area (Å²) in [5.74, 6) is 0.989. The summed E-state index contributed by atoms with van der Waals surface area (Å²) in [7, 11) is 0. The van der Waals surface area contributed by atoms with E-state index >= 15 is 0 Å². The third kappa shape index (κ3) is 4.36. The fourth-order valence-electron chi connectivity index (χ4n) is 4.77. The number of hydrogen-bond donors (Lipinski definition) is 3. The first-order valence-corrected chi connectivity index (χ1v) is 11.9. The molecule has 0 bridgehead atoms. The molecule has 4 N–H and O–H groups in total. The molecule has 0 saturated heterocycles. The van der Waals surface area contributed by atoms with Crippen molar-refractivity contribution in [2.24, 2.45) is 5.73 Å². The van der Waals surface area contributed by atoms with E-state index in [0.29, 0.717) is 36.5 Å². The number of aliphatic hydroxyl groups is 1. The van der Waals surface area contributed by atoms with Crippen LogP contribution < -0.4 is 15.8 Å². The zero-order valence-electron chi connectivity index (χ0n) is 19.5. The predicted molar refractivity (Wildman–Crippen MR) is 134 cm³/mol. The number of halogens is 1. The highest BCUT2D eigenvalue weighted by atomic mass is 19.1. The second-order valence-electron chi connectivity index (χ2n) is 9.20. The van der Waals surface area contributed by atoms with Gasteiger partial charge < -0.3 is 20.9 Å². The van der Waals surface area contributed by atoms with Crippen LogP contribution in [0.5, 0.6) is 5.75 Å². The molecule has 1 unspecified atom stereocenters. The topological polar surface area (TPSA) is 116 Å². The Labute approximate surface area is 206 Å². The standard InChI is InChI=1S/C26H26FN7O2/c27-18-3-1-2-16(10-18)14-34-22-7-4-19(11-17(22)13-30-34)32-26-25-24(8-9-33(25)31-15-29-26)36-20-5-6-21(28)23(35)12-20/h1-4,7-11,13,15,20-21,23,35H,5-6,12,14,28H2,(H,29,31,32)/t20-,21+,23?/m1/s1. The lowest BCUT2D eigenvalue weighted by molar-refractivity contribution is 0.0399. The number of aliphatic hydroxyl groups excluding tert-OH is 1. The molecule has 1 fully saturated rings. The summed E-state index contributed by atoms with van der Waals surface area (Å²) in [5, 5.41) is 23.3. The number of nitrogens with zero attached hydrogens (tertiary/aromatic N) is 5. The molecule has 5 aromatic rings. The Morgan fingerprint density at radius 2 is 2.06 bits per heavy atom. The molecular weight excluding hydrogens is 461 g/mol. The normalized spacial score (nSPS) is 20.1. The highest BCUT2D eigenvalue weighted by molar-refractivity contribution is 5.86. The third-order valence-corrected chi connectivity index (χ3v) is 6.66. The third-order valence-electron chi connectivity index (χ3n) is 6.66. The van der Waals surface area contributed by atoms with Crippen LogP contribution in [-0.2, 0) is 6.54 Å². The van der Waals surface area contributed by atoms with Crippen LogP contribution in [0.15, 0.2) is 67.3 Å². The van der Waals surface area contributed by atoms with E-state index in [-0.39, 0.29) is 18.0 Å². The molecule has 1 aliphatic rings. The van der Waals surface area contributed by atoms with Gasteiger partial charge in [0.05, 0.1) is 24.4 Å². The largest absolute Gasteiger partial charge is 0.488 e. The molecule has 3 heterocycles. The maximum Gasteiger partial charge on any atom is 0.162 e. The molecule has 0 amide bonds. The summed E-state index contributed by atoms with van der Waals surface area (Å²) in [6.45, 7) is 0.478. The van der Waals surface area contributed by atoms with Gasteiger partial charge in [0, 0.05) is 35.8 Å². The average Bonchev–Trinajstić information content (AvgIpc) is 3.46. The molecule has 0 spiro atoms. The van der Waals surface area contributed by atoms with E-state index in [0.717, 1.165) is 28.6 Å². The number of nitrogens with two attached hydrogens (primary N) is 1. The molecule has 9 nitrogen and oxygen atoms in total. The minimum absolute atomic E-state index is 0.126. The van der Waals surface area contributed by atoms with Gasteiger partial charge in [-0.15, -0.1) is 0 Å². The smallest absolute Gasteiger partial charge is 0.162 e. The summed E-state index contributed by atoms with van der Waals surface area (Å²) < 4.78 is 23.4. The Bertz CT molecular complexity index is 1530. The van der Waals surface area contributed by atoms with Crippen molar-refractivity contribution in [3.8, 4) is 5.75 Å². The lowest BCUT2D eigenvalue weighted by Gasteiger charge is -2.30. The van der Waals surface area contributed by atoms with Gasteiger partial charge in [-0.2, -0.15) is 10.2 Å². The summed E-state index contributed by atoms with van der Waals surface area (Å²) in [6, 6.07) is 14.1. The fraction of sp³-hybridized carbons (Fsp3) is 0.269. The van der Waals surface area contributed by atoms with Gasteiger partial charge in [0.2, 0.25) is 0 Å². The number of benzene rings is 2. The number of ether oxygens (including phenoxy) is 1. The van der Waals surface area contributed by atoms with Crippen LogP contribution in [0.4, 0.5) is 15.9 Å². The molecule has 6 rings (SSSR count). The zero-order chi connectivity index (χ0) is 24.6. The van der Waals surface area contributed by atoms with Crippen LogP contribution in [0, 0.1) is 5.82 Å². The van der Waals surface area contributed by atoms with Gasteiger partial charge in [-0.3, -0.25) is 4.68 Å². The van der Waals surface area contributed by atoms with Gasteiger partial charge >= 0.3 is 0 Å². The second kappa shape index (κ2) is 9.21. The second-order valence-corrected chi connectivity index (χ2v) is 9.20. The number of rotatable bonds is 6. The number of aromatic nitrogens is 5. The molecule has 0 radical (unpaired) electrons. The van der Waals surface area contributed by atoms with Gasteiger partial charge in [0.15, 0.2) is 11.6 Å². The number of nitrogens with one attached hydrogen (secondary N) is 1. The Morgan fingerprint density at radius 1 is 1.14 bits per heavy atom. The molecule has 10 heteroatoms. The van der Waals surface area contributed by atoms with Crippen molar-refractivity contribution in [3.05, 3.63) is 78.6 Å². The van der Waals surface area contributed by atoms with Crippen LogP contribution in [0.25, 0.3) is 16.4 Å². The van der Waals surface area contributed by atoms with E-state index in [1.165, 1.54) is 18.5 Å². The first-order valence-electron chi connectivity index (χ1n) is 11.9. The minimum atomic E-state index is -0.569. The van der Waals surface area contributed by atoms with E-state index in [4.69, 9.17) is 10.5 Å². The molecule has 0 aliphatic heterocycles. The van der Waals surface area contributed by atoms with Crippen molar-refractivity contribution in [1.82, 2.24) is 24.4 Å². The van der Waals surface area contributed by atoms with Crippen molar-refractivity contribution in [2.75, 3.05) is 5.32 Å². The highest BCUT2D eigenvalue weighted by Crippen LogP contribution is 2.32. The summed E-state index contributed by atoms with van der Waals surface area (Å²) in [5.41, 5.74) is 9.27. The molecule has 2 aromatic carbocycles. The minimum Gasteiger partial charge on any atom is -0.488 e. The Morgan fingerprint density at radius 3 is 2.92 bits per heavy atom. The van der Waals surface area contributed by atoms with E-state index in [1.807, 2.05) is 41.2 Å². The monoisotopic (exact) mass is 487 g/mol. The summed E-state index contributed by atoms with van der Waals surface area (Å²) in [4.78, 5) is 4.46. The summed E-state index contributed by atoms with van der Waals surface area (Å²) in [6.07, 6.45) is 6.39. The average molecular weight is 488 g/mol. The summed E-state index contributed by atoms with van der Waals surface area (Å²) >= 11 is 0. The van der Waals surface area contributed by atoms with Gasteiger partial charge in [0.1, 0.15) is 23.8 Å². The highest BCUT2D eigenvalue weighted by Gasteiger charge is 2.28. The number of hydrogen-bond acceptors (Lipinski definition) is 7. The molecule has 3 aromatic heterocycles. The van der Waals surface area contributed by atoms with Crippen molar-refractivity contribution < 1.29 is 14.2 Å². The first-order chi connectivity index (χ1) is 17.5. The lowest BCUT2D eigenvalue weighted by atomic mass is 9.91. The molecular formula is C26H26FN7O2. The molecule has 36 heavy (non-hydrogen) atoms. The van der Waals surface area contributed by atoms with Crippen molar-refractivity contribution in [1.29, 1.82) is 0 Å². The quantitative estimate of drug-likeness (QED) is 0.335. The van der Waals surface area contributed by atoms with Gasteiger partial charge in [-0.1, -0.05) is 12.1 Å². The maximum absolute atomic E-state index is 13.6. The Balaban J connectivity index is 1.25. The molecule has 184 valence electrons. The Hall–Kier alpha value is -4.02. The van der Waals surface area contributed by atoms with E-state index < -0.39 is 6.10 Å². The number of fused-ring (bicyclic) bond motifs is 2. The fourth-order valence-corrected chi connectivity index (χ4v) is 4.77. The molecule has 1 aliphatic carbocycles. The van der Waals surface area contributed by atoms with Gasteiger partial charge in [0.25, 0.3) is 0 Å². The van der Waals surface area contributed by atoms with Crippen LogP contribution in [0.2, 0.25) is 0 Å². The lowest BCUT2D eigenvalue weighted by Crippen LogP contribution is -2.43.